The fourth-order valence-electron chi connectivity index (χ4n) is 5.87. The molecule has 0 saturated heterocycles. The summed E-state index contributed by atoms with van der Waals surface area (Å²) >= 11 is 0. The highest BCUT2D eigenvalue weighted by molar-refractivity contribution is 6.24. The van der Waals surface area contributed by atoms with Gasteiger partial charge in [0, 0.05) is 17.6 Å². The number of rotatable bonds is 4. The van der Waals surface area contributed by atoms with E-state index >= 15 is 0 Å². The number of primary amides is 1. The van der Waals surface area contributed by atoms with Crippen LogP contribution in [0.25, 0.3) is 5.76 Å². The summed E-state index contributed by atoms with van der Waals surface area (Å²) in [6.45, 7) is 5.04. The maximum atomic E-state index is 14.0. The summed E-state index contributed by atoms with van der Waals surface area (Å²) in [5.41, 5.74) is 1.32. The summed E-state index contributed by atoms with van der Waals surface area (Å²) in [7, 11) is 2.89. The zero-order valence-corrected chi connectivity index (χ0v) is 19.8. The van der Waals surface area contributed by atoms with Gasteiger partial charge in [-0.25, -0.2) is 4.79 Å². The third kappa shape index (κ3) is 3.12. The Bertz CT molecular complexity index is 1290. The lowest BCUT2D eigenvalue weighted by Crippen LogP contribution is -2.71. The van der Waals surface area contributed by atoms with Crippen molar-refractivity contribution in [1.82, 2.24) is 4.90 Å². The molecule has 11 heteroatoms. The van der Waals surface area contributed by atoms with Crippen LogP contribution in [-0.4, -0.2) is 80.6 Å². The number of aliphatic hydroxyl groups is 3. The molecule has 1 aromatic carbocycles. The molecule has 0 unspecified atom stereocenters. The average Bonchev–Trinajstić information content (AvgIpc) is 2.80. The molecule has 190 valence electrons. The molecule has 11 nitrogen and oxygen atoms in total. The lowest BCUT2D eigenvalue weighted by molar-refractivity contribution is -0.182. The number of benzene rings is 1. The van der Waals surface area contributed by atoms with E-state index in [9.17, 15) is 39.6 Å². The molecule has 3 aliphatic carbocycles. The molecule has 1 aromatic rings. The van der Waals surface area contributed by atoms with Gasteiger partial charge in [0.15, 0.2) is 11.4 Å². The van der Waals surface area contributed by atoms with Crippen molar-refractivity contribution in [2.45, 2.75) is 30.6 Å². The Hall–Kier alpha value is -3.96. The minimum Gasteiger partial charge on any atom is -0.508 e. The van der Waals surface area contributed by atoms with Crippen LogP contribution in [0, 0.1) is 11.8 Å². The van der Waals surface area contributed by atoms with Gasteiger partial charge in [-0.15, -0.1) is 0 Å². The van der Waals surface area contributed by atoms with Crippen LogP contribution in [0.1, 0.15) is 24.0 Å². The Morgan fingerprint density at radius 1 is 1.19 bits per heavy atom. The molecule has 1 fully saturated rings. The van der Waals surface area contributed by atoms with Gasteiger partial charge in [-0.05, 0) is 31.6 Å². The van der Waals surface area contributed by atoms with Crippen molar-refractivity contribution in [2.75, 3.05) is 14.1 Å². The Morgan fingerprint density at radius 2 is 1.83 bits per heavy atom. The molecule has 4 rings (SSSR count). The van der Waals surface area contributed by atoms with Gasteiger partial charge in [-0.2, -0.15) is 0 Å². The number of carbonyl (C=O) groups excluding carboxylic acids is 4. The zero-order chi connectivity index (χ0) is 26.9. The zero-order valence-electron chi connectivity index (χ0n) is 19.8. The van der Waals surface area contributed by atoms with Crippen LogP contribution in [0.5, 0.6) is 5.75 Å². The van der Waals surface area contributed by atoms with Gasteiger partial charge in [-0.3, -0.25) is 19.3 Å². The molecule has 6 N–H and O–H groups in total. The van der Waals surface area contributed by atoms with Crippen LogP contribution in [0.3, 0.4) is 0 Å². The quantitative estimate of drug-likeness (QED) is 0.218. The molecule has 0 spiro atoms. The number of phenolic OH excluding ortho intramolecular Hbond substituents is 1. The van der Waals surface area contributed by atoms with Crippen molar-refractivity contribution in [3.05, 3.63) is 58.9 Å². The Morgan fingerprint density at radius 3 is 2.39 bits per heavy atom. The SMILES string of the molecule is C=CC(=O)O[C@H]1[C@@H]2C(=C(O)c3c(O)cccc3[C@H]2C)C(=O)[C@]2(O)C(O)=C(C(N)=O)C(=O)[C@H](N(C)C)[C@@H]12. The average molecular weight is 498 g/mol. The number of ether oxygens (including phenoxy) is 1. The Labute approximate surface area is 205 Å². The van der Waals surface area contributed by atoms with Gasteiger partial charge >= 0.3 is 5.97 Å². The van der Waals surface area contributed by atoms with Gasteiger partial charge in [0.1, 0.15) is 28.9 Å². The number of carbonyl (C=O) groups is 4. The van der Waals surface area contributed by atoms with Crippen LogP contribution < -0.4 is 5.73 Å². The van der Waals surface area contributed by atoms with Crippen molar-refractivity contribution in [3.8, 4) is 5.75 Å². The van der Waals surface area contributed by atoms with E-state index in [0.29, 0.717) is 5.56 Å². The highest BCUT2D eigenvalue weighted by atomic mass is 16.5. The number of nitrogens with zero attached hydrogens (tertiary/aromatic N) is 1. The number of phenols is 1. The summed E-state index contributed by atoms with van der Waals surface area (Å²) in [4.78, 5) is 53.2. The molecule has 0 aliphatic heterocycles. The number of amides is 1. The molecule has 1 amide bonds. The molecule has 0 aromatic heterocycles. The second-order valence-electron chi connectivity index (χ2n) is 9.41. The maximum Gasteiger partial charge on any atom is 0.330 e. The Kier molecular flexibility index (Phi) is 5.81. The van der Waals surface area contributed by atoms with Crippen LogP contribution in [-0.2, 0) is 23.9 Å². The minimum absolute atomic E-state index is 0.0601. The van der Waals surface area contributed by atoms with Crippen molar-refractivity contribution in [2.24, 2.45) is 17.6 Å². The van der Waals surface area contributed by atoms with Gasteiger partial charge in [0.05, 0.1) is 17.5 Å². The predicted octanol–water partition coefficient (Wildman–Crippen LogP) is 0.233. The smallest absolute Gasteiger partial charge is 0.330 e. The van der Waals surface area contributed by atoms with Crippen molar-refractivity contribution >= 4 is 29.2 Å². The van der Waals surface area contributed by atoms with E-state index in [2.05, 4.69) is 6.58 Å². The number of esters is 1. The largest absolute Gasteiger partial charge is 0.508 e. The van der Waals surface area contributed by atoms with Crippen LogP contribution in [0.15, 0.2) is 47.8 Å². The molecule has 0 radical (unpaired) electrons. The van der Waals surface area contributed by atoms with Crippen LogP contribution in [0.4, 0.5) is 0 Å². The molecule has 36 heavy (non-hydrogen) atoms. The highest BCUT2D eigenvalue weighted by Crippen LogP contribution is 2.56. The van der Waals surface area contributed by atoms with E-state index in [1.165, 1.54) is 31.1 Å². The molecular formula is C25H26N2O9. The van der Waals surface area contributed by atoms with E-state index in [4.69, 9.17) is 10.5 Å². The highest BCUT2D eigenvalue weighted by Gasteiger charge is 2.69. The fraction of sp³-hybridized carbons (Fsp3) is 0.360. The van der Waals surface area contributed by atoms with E-state index in [0.717, 1.165) is 6.08 Å². The van der Waals surface area contributed by atoms with Gasteiger partial charge in [-0.1, -0.05) is 25.6 Å². The third-order valence-electron chi connectivity index (χ3n) is 7.38. The van der Waals surface area contributed by atoms with E-state index in [-0.39, 0.29) is 11.3 Å². The van der Waals surface area contributed by atoms with E-state index in [1.54, 1.807) is 13.0 Å². The first-order chi connectivity index (χ1) is 16.8. The lowest BCUT2D eigenvalue weighted by atomic mass is 9.54. The summed E-state index contributed by atoms with van der Waals surface area (Å²) in [5.74, 6) is -10.2. The van der Waals surface area contributed by atoms with Gasteiger partial charge in [0.2, 0.25) is 5.78 Å². The number of likely N-dealkylation sites (N-methyl/N-ethyl adjacent to an activating group) is 1. The molecule has 3 aliphatic rings. The summed E-state index contributed by atoms with van der Waals surface area (Å²) in [5, 5.41) is 44.5. The number of ketones is 2. The number of hydrogen-bond acceptors (Lipinski definition) is 10. The predicted molar refractivity (Wildman–Crippen MR) is 124 cm³/mol. The first-order valence-corrected chi connectivity index (χ1v) is 11.1. The monoisotopic (exact) mass is 498 g/mol. The molecule has 1 saturated carbocycles. The summed E-state index contributed by atoms with van der Waals surface area (Å²) in [6, 6.07) is 3.02. The number of Topliss-reactive ketones (excluding diaryl/α,β-unsaturated/α-hetero) is 2. The Balaban J connectivity index is 2.12. The summed E-state index contributed by atoms with van der Waals surface area (Å²) < 4.78 is 5.62. The maximum absolute atomic E-state index is 14.0. The fourth-order valence-corrected chi connectivity index (χ4v) is 5.87. The standard InChI is InChI=1S/C25H26N2O9/c1-5-12(29)36-21-13-9(2)10-7-6-8-11(28)14(10)19(30)15(13)22(32)25(35)17(21)18(27(3)4)20(31)16(23(25)33)24(26)34/h5-9,13,17-18,21,28,30,33,35H,1H2,2-4H3,(H2,26,34)/t9-,13+,17+,18-,21+,25+/m1/s1. The topological polar surface area (TPSA) is 188 Å². The molecular weight excluding hydrogens is 472 g/mol. The minimum atomic E-state index is -2.97. The first kappa shape index (κ1) is 25.1. The first-order valence-electron chi connectivity index (χ1n) is 11.1. The molecule has 0 heterocycles. The van der Waals surface area contributed by atoms with E-state index in [1.807, 2.05) is 0 Å². The number of aromatic hydroxyl groups is 1. The number of fused-ring (bicyclic) bond motifs is 3. The molecule has 0 bridgehead atoms. The van der Waals surface area contributed by atoms with Crippen LogP contribution in [0.2, 0.25) is 0 Å². The lowest BCUT2D eigenvalue weighted by Gasteiger charge is -2.54. The number of aliphatic hydroxyl groups excluding tert-OH is 2. The normalized spacial score (nSPS) is 31.5. The van der Waals surface area contributed by atoms with Gasteiger partial charge < -0.3 is 30.9 Å². The van der Waals surface area contributed by atoms with Crippen molar-refractivity contribution < 1.29 is 44.3 Å². The van der Waals surface area contributed by atoms with Crippen molar-refractivity contribution in [3.63, 3.8) is 0 Å². The third-order valence-corrected chi connectivity index (χ3v) is 7.38. The second-order valence-corrected chi connectivity index (χ2v) is 9.41. The van der Waals surface area contributed by atoms with E-state index < -0.39 is 81.6 Å². The summed E-state index contributed by atoms with van der Waals surface area (Å²) in [6.07, 6.45) is -0.611. The van der Waals surface area contributed by atoms with Crippen LogP contribution >= 0.6 is 0 Å². The van der Waals surface area contributed by atoms with Crippen molar-refractivity contribution in [1.29, 1.82) is 0 Å². The molecule has 6 atom stereocenters. The number of hydrogen-bond donors (Lipinski definition) is 5. The number of nitrogens with two attached hydrogens (primary N) is 1. The van der Waals surface area contributed by atoms with Gasteiger partial charge in [0.25, 0.3) is 5.91 Å². The second kappa shape index (κ2) is 8.32.